The first-order valence-electron chi connectivity index (χ1n) is 3.88. The van der Waals surface area contributed by atoms with Crippen molar-refractivity contribution >= 4 is 0 Å². The molecule has 12 heavy (non-hydrogen) atoms. The summed E-state index contributed by atoms with van der Waals surface area (Å²) in [5, 5.41) is 0. The molecule has 0 atom stereocenters. The standard InChI is InChI=1S/C9H12FNO/c1-6(2)8-4-7(10)5-11(3)9(8)12/h4-6H,1-3H3. The van der Waals surface area contributed by atoms with E-state index >= 15 is 0 Å². The van der Waals surface area contributed by atoms with Gasteiger partial charge >= 0.3 is 0 Å². The summed E-state index contributed by atoms with van der Waals surface area (Å²) in [6, 6.07) is 1.30. The number of aryl methyl sites for hydroxylation is 1. The van der Waals surface area contributed by atoms with Gasteiger partial charge in [-0.15, -0.1) is 0 Å². The van der Waals surface area contributed by atoms with Crippen LogP contribution in [0.4, 0.5) is 4.39 Å². The maximum absolute atomic E-state index is 12.8. The lowest BCUT2D eigenvalue weighted by molar-refractivity contribution is 0.596. The number of pyridine rings is 1. The summed E-state index contributed by atoms with van der Waals surface area (Å²) in [6.07, 6.45) is 1.19. The summed E-state index contributed by atoms with van der Waals surface area (Å²) in [6.45, 7) is 3.74. The average molecular weight is 169 g/mol. The van der Waals surface area contributed by atoms with Crippen LogP contribution in [-0.2, 0) is 7.05 Å². The first-order valence-corrected chi connectivity index (χ1v) is 3.88. The van der Waals surface area contributed by atoms with Gasteiger partial charge in [-0.05, 0) is 12.0 Å². The highest BCUT2D eigenvalue weighted by Crippen LogP contribution is 2.09. The monoisotopic (exact) mass is 169 g/mol. The molecule has 0 spiro atoms. The number of hydrogen-bond acceptors (Lipinski definition) is 1. The van der Waals surface area contributed by atoms with E-state index in [0.29, 0.717) is 5.56 Å². The maximum Gasteiger partial charge on any atom is 0.253 e. The predicted molar refractivity (Wildman–Crippen MR) is 45.7 cm³/mol. The fraction of sp³-hybridized carbons (Fsp3) is 0.444. The second-order valence-electron chi connectivity index (χ2n) is 3.18. The molecule has 2 nitrogen and oxygen atoms in total. The van der Waals surface area contributed by atoms with Crippen LogP contribution in [0.2, 0.25) is 0 Å². The zero-order valence-electron chi connectivity index (χ0n) is 7.47. The average Bonchev–Trinajstić information content (AvgIpc) is 1.96. The van der Waals surface area contributed by atoms with Crippen molar-refractivity contribution in [2.24, 2.45) is 7.05 Å². The van der Waals surface area contributed by atoms with Gasteiger partial charge < -0.3 is 4.57 Å². The van der Waals surface area contributed by atoms with Crippen molar-refractivity contribution in [2.75, 3.05) is 0 Å². The highest BCUT2D eigenvalue weighted by atomic mass is 19.1. The van der Waals surface area contributed by atoms with Gasteiger partial charge in [-0.2, -0.15) is 0 Å². The molecule has 0 saturated heterocycles. The van der Waals surface area contributed by atoms with Crippen molar-refractivity contribution in [1.29, 1.82) is 0 Å². The number of halogens is 1. The van der Waals surface area contributed by atoms with Crippen molar-refractivity contribution in [3.8, 4) is 0 Å². The molecule has 0 aliphatic rings. The van der Waals surface area contributed by atoms with Crippen LogP contribution in [0.25, 0.3) is 0 Å². The van der Waals surface area contributed by atoms with Crippen LogP contribution in [-0.4, -0.2) is 4.57 Å². The molecule has 0 N–H and O–H groups in total. The van der Waals surface area contributed by atoms with Gasteiger partial charge in [0, 0.05) is 18.8 Å². The summed E-state index contributed by atoms with van der Waals surface area (Å²) in [4.78, 5) is 11.4. The van der Waals surface area contributed by atoms with E-state index in [1.54, 1.807) is 7.05 Å². The van der Waals surface area contributed by atoms with Gasteiger partial charge in [-0.3, -0.25) is 4.79 Å². The largest absolute Gasteiger partial charge is 0.315 e. The molecule has 0 aromatic carbocycles. The molecule has 1 heterocycles. The molecular weight excluding hydrogens is 157 g/mol. The Morgan fingerprint density at radius 1 is 1.50 bits per heavy atom. The summed E-state index contributed by atoms with van der Waals surface area (Å²) in [7, 11) is 1.55. The number of rotatable bonds is 1. The van der Waals surface area contributed by atoms with E-state index in [-0.39, 0.29) is 17.3 Å². The third-order valence-corrected chi connectivity index (χ3v) is 1.80. The first kappa shape index (κ1) is 8.97. The van der Waals surface area contributed by atoms with Crippen molar-refractivity contribution in [3.05, 3.63) is 34.0 Å². The second-order valence-corrected chi connectivity index (χ2v) is 3.18. The third-order valence-electron chi connectivity index (χ3n) is 1.80. The molecule has 0 radical (unpaired) electrons. The van der Waals surface area contributed by atoms with Crippen molar-refractivity contribution < 1.29 is 4.39 Å². The van der Waals surface area contributed by atoms with Crippen molar-refractivity contribution in [1.82, 2.24) is 4.57 Å². The fourth-order valence-corrected chi connectivity index (χ4v) is 1.11. The van der Waals surface area contributed by atoms with E-state index in [0.717, 1.165) is 0 Å². The van der Waals surface area contributed by atoms with Gasteiger partial charge in [-0.25, -0.2) is 4.39 Å². The van der Waals surface area contributed by atoms with Crippen LogP contribution in [0.5, 0.6) is 0 Å². The van der Waals surface area contributed by atoms with E-state index in [1.807, 2.05) is 13.8 Å². The Labute approximate surface area is 70.6 Å². The minimum absolute atomic E-state index is 0.0689. The Kier molecular flexibility index (Phi) is 2.31. The van der Waals surface area contributed by atoms with Gasteiger partial charge in [0.15, 0.2) is 0 Å². The van der Waals surface area contributed by atoms with Crippen LogP contribution in [0, 0.1) is 5.82 Å². The normalized spacial score (nSPS) is 10.8. The topological polar surface area (TPSA) is 22.0 Å². The van der Waals surface area contributed by atoms with E-state index in [4.69, 9.17) is 0 Å². The Morgan fingerprint density at radius 2 is 2.08 bits per heavy atom. The van der Waals surface area contributed by atoms with Crippen LogP contribution >= 0.6 is 0 Å². The van der Waals surface area contributed by atoms with Gasteiger partial charge in [0.1, 0.15) is 5.82 Å². The molecule has 1 aromatic heterocycles. The molecular formula is C9H12FNO. The summed E-state index contributed by atoms with van der Waals surface area (Å²) in [5.74, 6) is -0.291. The molecule has 3 heteroatoms. The molecule has 0 fully saturated rings. The SMILES string of the molecule is CC(C)c1cc(F)cn(C)c1=O. The van der Waals surface area contributed by atoms with Crippen LogP contribution in [0.15, 0.2) is 17.1 Å². The van der Waals surface area contributed by atoms with Gasteiger partial charge in [0.2, 0.25) is 0 Å². The predicted octanol–water partition coefficient (Wildman–Crippen LogP) is 1.65. The molecule has 0 saturated carbocycles. The summed E-state index contributed by atoms with van der Waals surface area (Å²) < 4.78 is 14.1. The zero-order chi connectivity index (χ0) is 9.30. The first-order chi connectivity index (χ1) is 5.52. The molecule has 0 bridgehead atoms. The minimum Gasteiger partial charge on any atom is -0.315 e. The maximum atomic E-state index is 12.8. The van der Waals surface area contributed by atoms with E-state index < -0.39 is 0 Å². The Balaban J connectivity index is 3.38. The molecule has 0 aliphatic carbocycles. The molecule has 0 aliphatic heterocycles. The summed E-state index contributed by atoms with van der Waals surface area (Å²) >= 11 is 0. The fourth-order valence-electron chi connectivity index (χ4n) is 1.11. The lowest BCUT2D eigenvalue weighted by Gasteiger charge is -2.06. The smallest absolute Gasteiger partial charge is 0.253 e. The number of aromatic nitrogens is 1. The number of nitrogens with zero attached hydrogens (tertiary/aromatic N) is 1. The third kappa shape index (κ3) is 1.55. The van der Waals surface area contributed by atoms with Crippen LogP contribution in [0.3, 0.4) is 0 Å². The Morgan fingerprint density at radius 3 is 2.58 bits per heavy atom. The van der Waals surface area contributed by atoms with Gasteiger partial charge in [0.05, 0.1) is 0 Å². The Bertz CT molecular complexity index is 341. The minimum atomic E-state index is -0.360. The zero-order valence-corrected chi connectivity index (χ0v) is 7.47. The van der Waals surface area contributed by atoms with E-state index in [1.165, 1.54) is 16.8 Å². The second kappa shape index (κ2) is 3.09. The highest BCUT2D eigenvalue weighted by Gasteiger charge is 2.07. The quantitative estimate of drug-likeness (QED) is 0.626. The van der Waals surface area contributed by atoms with Crippen LogP contribution < -0.4 is 5.56 Å². The van der Waals surface area contributed by atoms with E-state index in [2.05, 4.69) is 0 Å². The van der Waals surface area contributed by atoms with Gasteiger partial charge in [0.25, 0.3) is 5.56 Å². The molecule has 0 amide bonds. The lowest BCUT2D eigenvalue weighted by atomic mass is 10.1. The van der Waals surface area contributed by atoms with E-state index in [9.17, 15) is 9.18 Å². The highest BCUT2D eigenvalue weighted by molar-refractivity contribution is 5.15. The summed E-state index contributed by atoms with van der Waals surface area (Å²) in [5.41, 5.74) is 0.406. The molecule has 1 rings (SSSR count). The lowest BCUT2D eigenvalue weighted by Crippen LogP contribution is -2.21. The van der Waals surface area contributed by atoms with Crippen molar-refractivity contribution in [3.63, 3.8) is 0 Å². The molecule has 66 valence electrons. The van der Waals surface area contributed by atoms with Gasteiger partial charge in [-0.1, -0.05) is 13.8 Å². The molecule has 0 unspecified atom stereocenters. The number of hydrogen-bond donors (Lipinski definition) is 0. The Hall–Kier alpha value is -1.12. The van der Waals surface area contributed by atoms with Crippen LogP contribution in [0.1, 0.15) is 25.3 Å². The molecule has 1 aromatic rings. The van der Waals surface area contributed by atoms with Crippen molar-refractivity contribution in [2.45, 2.75) is 19.8 Å².